The summed E-state index contributed by atoms with van der Waals surface area (Å²) >= 11 is 7.05. The molecule has 0 fully saturated rings. The molecule has 19 heavy (non-hydrogen) atoms. The van der Waals surface area contributed by atoms with Crippen molar-refractivity contribution in [2.75, 3.05) is 0 Å². The molecule has 3 heteroatoms. The van der Waals surface area contributed by atoms with Gasteiger partial charge in [-0.2, -0.15) is 0 Å². The van der Waals surface area contributed by atoms with Crippen molar-refractivity contribution in [3.05, 3.63) is 68.6 Å². The van der Waals surface area contributed by atoms with Crippen molar-refractivity contribution < 1.29 is 5.11 Å². The molecule has 3 rings (SSSR count). The molecule has 0 bridgehead atoms. The smallest absolute Gasteiger partial charge is 0.0972 e. The Bertz CT molecular complexity index is 677. The summed E-state index contributed by atoms with van der Waals surface area (Å²) in [5, 5.41) is 10.1. The molecule has 2 aromatic rings. The Morgan fingerprint density at radius 2 is 1.84 bits per heavy atom. The Kier molecular flexibility index (Phi) is 3.37. The second-order valence-corrected chi connectivity index (χ2v) is 6.51. The molecule has 0 amide bonds. The molecule has 1 unspecified atom stereocenters. The van der Waals surface area contributed by atoms with Gasteiger partial charge in [0.25, 0.3) is 0 Å². The van der Waals surface area contributed by atoms with E-state index >= 15 is 0 Å². The molecule has 0 radical (unpaired) electrons. The van der Waals surface area contributed by atoms with Crippen molar-refractivity contribution in [2.24, 2.45) is 0 Å². The van der Waals surface area contributed by atoms with Gasteiger partial charge in [-0.3, -0.25) is 0 Å². The Labute approximate surface area is 129 Å². The van der Waals surface area contributed by atoms with Gasteiger partial charge in [-0.25, -0.2) is 0 Å². The van der Waals surface area contributed by atoms with Crippen LogP contribution >= 0.6 is 31.9 Å². The maximum Gasteiger partial charge on any atom is 0.0972 e. The summed E-state index contributed by atoms with van der Waals surface area (Å²) < 4.78 is 2.06. The van der Waals surface area contributed by atoms with Gasteiger partial charge >= 0.3 is 0 Å². The van der Waals surface area contributed by atoms with Crippen molar-refractivity contribution in [1.82, 2.24) is 0 Å². The summed E-state index contributed by atoms with van der Waals surface area (Å²) in [5.74, 6) is 0. The number of halogens is 2. The number of rotatable bonds is 2. The van der Waals surface area contributed by atoms with Gasteiger partial charge in [0.05, 0.1) is 6.10 Å². The number of benzene rings is 2. The zero-order chi connectivity index (χ0) is 13.6. The first-order valence-electron chi connectivity index (χ1n) is 6.02. The number of fused-ring (bicyclic) bond motifs is 3. The average molecular weight is 380 g/mol. The van der Waals surface area contributed by atoms with Gasteiger partial charge in [0, 0.05) is 8.95 Å². The molecule has 1 aliphatic rings. The number of hydrogen-bond acceptors (Lipinski definition) is 1. The lowest BCUT2D eigenvalue weighted by atomic mass is 9.97. The van der Waals surface area contributed by atoms with Crippen molar-refractivity contribution >= 4 is 31.9 Å². The lowest BCUT2D eigenvalue weighted by Gasteiger charge is -2.13. The molecule has 0 heterocycles. The van der Waals surface area contributed by atoms with E-state index in [0.717, 1.165) is 20.9 Å². The third-order valence-corrected chi connectivity index (χ3v) is 4.47. The maximum absolute atomic E-state index is 10.1. The molecule has 0 spiro atoms. The molecule has 1 aliphatic carbocycles. The van der Waals surface area contributed by atoms with Crippen LogP contribution < -0.4 is 0 Å². The van der Waals surface area contributed by atoms with E-state index in [1.807, 2.05) is 6.07 Å². The Hall–Kier alpha value is -0.900. The van der Waals surface area contributed by atoms with Crippen molar-refractivity contribution in [2.45, 2.75) is 12.5 Å². The molecule has 0 saturated heterocycles. The molecule has 0 aliphatic heterocycles. The van der Waals surface area contributed by atoms with Gasteiger partial charge in [0.15, 0.2) is 0 Å². The summed E-state index contributed by atoms with van der Waals surface area (Å²) in [5.41, 5.74) is 5.87. The molecule has 1 N–H and O–H groups in total. The highest BCUT2D eigenvalue weighted by molar-refractivity contribution is 9.10. The fourth-order valence-electron chi connectivity index (χ4n) is 2.63. The molecule has 96 valence electrons. The van der Waals surface area contributed by atoms with Crippen LogP contribution in [0.4, 0.5) is 0 Å². The summed E-state index contributed by atoms with van der Waals surface area (Å²) in [6, 6.07) is 10.4. The molecular weight excluding hydrogens is 368 g/mol. The van der Waals surface area contributed by atoms with E-state index in [2.05, 4.69) is 62.7 Å². The molecule has 1 nitrogen and oxygen atoms in total. The van der Waals surface area contributed by atoms with Gasteiger partial charge in [-0.05, 0) is 58.5 Å². The Balaban J connectivity index is 2.25. The summed E-state index contributed by atoms with van der Waals surface area (Å²) in [7, 11) is 0. The van der Waals surface area contributed by atoms with Gasteiger partial charge in [0.1, 0.15) is 0 Å². The zero-order valence-electron chi connectivity index (χ0n) is 10.2. The van der Waals surface area contributed by atoms with E-state index < -0.39 is 6.10 Å². The van der Waals surface area contributed by atoms with Crippen molar-refractivity contribution in [3.63, 3.8) is 0 Å². The minimum atomic E-state index is -0.621. The first-order chi connectivity index (χ1) is 9.10. The maximum atomic E-state index is 10.1. The monoisotopic (exact) mass is 378 g/mol. The van der Waals surface area contributed by atoms with Gasteiger partial charge < -0.3 is 5.11 Å². The number of hydrogen-bond donors (Lipinski definition) is 1. The zero-order valence-corrected chi connectivity index (χ0v) is 13.3. The fourth-order valence-corrected chi connectivity index (χ4v) is 3.47. The van der Waals surface area contributed by atoms with Crippen LogP contribution in [0.1, 0.15) is 22.8 Å². The Morgan fingerprint density at radius 1 is 1.11 bits per heavy atom. The van der Waals surface area contributed by atoms with Gasteiger partial charge in [-0.1, -0.05) is 44.0 Å². The first kappa shape index (κ1) is 13.1. The van der Waals surface area contributed by atoms with Gasteiger partial charge in [0.2, 0.25) is 0 Å². The van der Waals surface area contributed by atoms with Crippen LogP contribution in [0.15, 0.2) is 51.9 Å². The molecule has 2 aromatic carbocycles. The first-order valence-corrected chi connectivity index (χ1v) is 7.60. The van der Waals surface area contributed by atoms with E-state index in [4.69, 9.17) is 0 Å². The molecular formula is C16H12Br2O. The highest BCUT2D eigenvalue weighted by atomic mass is 79.9. The van der Waals surface area contributed by atoms with Crippen LogP contribution in [-0.4, -0.2) is 5.11 Å². The lowest BCUT2D eigenvalue weighted by Crippen LogP contribution is -1.98. The second kappa shape index (κ2) is 4.89. The minimum Gasteiger partial charge on any atom is -0.384 e. The van der Waals surface area contributed by atoms with Crippen molar-refractivity contribution in [1.29, 1.82) is 0 Å². The predicted octanol–water partition coefficient (Wildman–Crippen LogP) is 5.00. The number of aliphatic hydroxyl groups excluding tert-OH is 1. The molecule has 1 atom stereocenters. The van der Waals surface area contributed by atoms with E-state index in [1.54, 1.807) is 6.08 Å². The normalized spacial score (nSPS) is 13.8. The second-order valence-electron chi connectivity index (χ2n) is 4.68. The lowest BCUT2D eigenvalue weighted by molar-refractivity contribution is 0.228. The third-order valence-electron chi connectivity index (χ3n) is 3.52. The van der Waals surface area contributed by atoms with Crippen LogP contribution in [0.3, 0.4) is 0 Å². The molecule has 0 saturated carbocycles. The topological polar surface area (TPSA) is 20.2 Å². The standard InChI is InChI=1S/C16H12Br2O/c1-2-16(19)15-8-11(18)7-14-12-6-10(17)4-3-9(12)5-13(14)15/h2-4,6-8,16,19H,1,5H2. The van der Waals surface area contributed by atoms with Crippen molar-refractivity contribution in [3.8, 4) is 11.1 Å². The van der Waals surface area contributed by atoms with E-state index in [0.29, 0.717) is 0 Å². The van der Waals surface area contributed by atoms with Crippen LogP contribution in [0.25, 0.3) is 11.1 Å². The summed E-state index contributed by atoms with van der Waals surface area (Å²) in [4.78, 5) is 0. The SMILES string of the molecule is C=CC(O)c1cc(Br)cc2c1Cc1ccc(Br)cc1-2. The predicted molar refractivity (Wildman–Crippen MR) is 85.2 cm³/mol. The largest absolute Gasteiger partial charge is 0.384 e. The van der Waals surface area contributed by atoms with Gasteiger partial charge in [-0.15, -0.1) is 6.58 Å². The van der Waals surface area contributed by atoms with Crippen LogP contribution in [0.5, 0.6) is 0 Å². The molecule has 0 aromatic heterocycles. The summed E-state index contributed by atoms with van der Waals surface area (Å²) in [6.07, 6.45) is 1.82. The minimum absolute atomic E-state index is 0.621. The Morgan fingerprint density at radius 3 is 2.58 bits per heavy atom. The van der Waals surface area contributed by atoms with Crippen LogP contribution in [0.2, 0.25) is 0 Å². The van der Waals surface area contributed by atoms with Crippen LogP contribution in [0, 0.1) is 0 Å². The van der Waals surface area contributed by atoms with E-state index in [-0.39, 0.29) is 0 Å². The summed E-state index contributed by atoms with van der Waals surface area (Å²) in [6.45, 7) is 3.68. The fraction of sp³-hybridized carbons (Fsp3) is 0.125. The van der Waals surface area contributed by atoms with E-state index in [9.17, 15) is 5.11 Å². The quantitative estimate of drug-likeness (QED) is 0.621. The highest BCUT2D eigenvalue weighted by Crippen LogP contribution is 2.42. The number of aliphatic hydroxyl groups is 1. The third kappa shape index (κ3) is 2.20. The average Bonchev–Trinajstić information content (AvgIpc) is 2.75. The van der Waals surface area contributed by atoms with E-state index in [1.165, 1.54) is 22.3 Å². The van der Waals surface area contributed by atoms with Crippen LogP contribution in [-0.2, 0) is 6.42 Å². The highest BCUT2D eigenvalue weighted by Gasteiger charge is 2.23.